The van der Waals surface area contributed by atoms with Crippen molar-refractivity contribution < 1.29 is 9.59 Å². The summed E-state index contributed by atoms with van der Waals surface area (Å²) in [4.78, 5) is 32.1. The van der Waals surface area contributed by atoms with Gasteiger partial charge in [0.1, 0.15) is 5.71 Å². The normalized spacial score (nSPS) is 13.6. The van der Waals surface area contributed by atoms with Crippen molar-refractivity contribution in [1.82, 2.24) is 4.98 Å². The first-order valence-electron chi connectivity index (χ1n) is 9.97. The van der Waals surface area contributed by atoms with Crippen LogP contribution in [0.1, 0.15) is 18.4 Å². The van der Waals surface area contributed by atoms with Gasteiger partial charge in [-0.1, -0.05) is 48.5 Å². The van der Waals surface area contributed by atoms with Crippen LogP contribution in [0, 0.1) is 6.92 Å². The van der Waals surface area contributed by atoms with Gasteiger partial charge >= 0.3 is 0 Å². The van der Waals surface area contributed by atoms with E-state index >= 15 is 0 Å². The van der Waals surface area contributed by atoms with Crippen LogP contribution in [-0.4, -0.2) is 29.1 Å². The summed E-state index contributed by atoms with van der Waals surface area (Å²) < 4.78 is 0. The average molecular weight is 431 g/mol. The molecule has 3 aromatic rings. The molecule has 1 aliphatic heterocycles. The van der Waals surface area contributed by atoms with Crippen LogP contribution in [0.25, 0.3) is 11.3 Å². The number of hydrogen-bond donors (Lipinski definition) is 0. The summed E-state index contributed by atoms with van der Waals surface area (Å²) in [7, 11) is 0. The Kier molecular flexibility index (Phi) is 6.04. The van der Waals surface area contributed by atoms with E-state index in [0.717, 1.165) is 16.8 Å². The van der Waals surface area contributed by atoms with Crippen molar-refractivity contribution in [2.75, 3.05) is 16.5 Å². The molecule has 2 heterocycles. The Morgan fingerprint density at radius 1 is 1.19 bits per heavy atom. The van der Waals surface area contributed by atoms with Crippen LogP contribution < -0.4 is 9.91 Å². The Morgan fingerprint density at radius 2 is 2.00 bits per heavy atom. The molecule has 6 nitrogen and oxygen atoms in total. The summed E-state index contributed by atoms with van der Waals surface area (Å²) in [6, 6.07) is 17.3. The molecule has 0 N–H and O–H groups in total. The molecule has 1 aliphatic rings. The second-order valence-corrected chi connectivity index (χ2v) is 8.01. The highest BCUT2D eigenvalue weighted by Crippen LogP contribution is 2.29. The highest BCUT2D eigenvalue weighted by Gasteiger charge is 2.30. The third-order valence-corrected chi connectivity index (χ3v) is 5.74. The number of rotatable bonds is 6. The van der Waals surface area contributed by atoms with Gasteiger partial charge < -0.3 is 0 Å². The number of carbonyl (C=O) groups is 2. The van der Waals surface area contributed by atoms with E-state index in [9.17, 15) is 9.59 Å². The predicted octanol–water partition coefficient (Wildman–Crippen LogP) is 4.82. The van der Waals surface area contributed by atoms with Gasteiger partial charge in [-0.15, -0.1) is 17.9 Å². The van der Waals surface area contributed by atoms with Crippen LogP contribution in [-0.2, 0) is 9.59 Å². The molecule has 0 aliphatic carbocycles. The maximum Gasteiger partial charge on any atom is 0.276 e. The largest absolute Gasteiger partial charge is 0.279 e. The highest BCUT2D eigenvalue weighted by atomic mass is 32.1. The number of amides is 2. The number of hydrazone groups is 1. The van der Waals surface area contributed by atoms with Gasteiger partial charge in [-0.25, -0.2) is 9.99 Å². The van der Waals surface area contributed by atoms with Crippen LogP contribution in [0.5, 0.6) is 0 Å². The summed E-state index contributed by atoms with van der Waals surface area (Å²) >= 11 is 1.40. The lowest BCUT2D eigenvalue weighted by Crippen LogP contribution is -2.42. The van der Waals surface area contributed by atoms with E-state index in [-0.39, 0.29) is 18.2 Å². The number of aryl methyl sites for hydroxylation is 1. The molecule has 2 aromatic carbocycles. The zero-order valence-corrected chi connectivity index (χ0v) is 18.0. The monoisotopic (exact) mass is 430 g/mol. The molecule has 0 radical (unpaired) electrons. The Hall–Kier alpha value is -3.58. The van der Waals surface area contributed by atoms with E-state index < -0.39 is 0 Å². The Bertz CT molecular complexity index is 1150. The first kappa shape index (κ1) is 20.7. The van der Waals surface area contributed by atoms with Gasteiger partial charge in [0, 0.05) is 30.3 Å². The Labute approximate surface area is 185 Å². The third kappa shape index (κ3) is 4.46. The van der Waals surface area contributed by atoms with Crippen molar-refractivity contribution in [3.05, 3.63) is 78.2 Å². The van der Waals surface area contributed by atoms with E-state index in [1.165, 1.54) is 16.3 Å². The van der Waals surface area contributed by atoms with E-state index in [1.807, 2.05) is 66.9 Å². The number of anilines is 2. The van der Waals surface area contributed by atoms with Crippen molar-refractivity contribution in [2.24, 2.45) is 5.10 Å². The molecule has 0 saturated heterocycles. The van der Waals surface area contributed by atoms with Gasteiger partial charge in [-0.3, -0.25) is 14.5 Å². The molecule has 1 aromatic heterocycles. The SMILES string of the molecule is C=CCN(C(=O)C1=NN(c2cccc(C)c2)C(=O)CC1)c1nc(-c2ccccc2)cs1. The molecule has 4 rings (SSSR count). The number of thiazole rings is 1. The summed E-state index contributed by atoms with van der Waals surface area (Å²) in [6.45, 7) is 6.04. The number of hydrogen-bond acceptors (Lipinski definition) is 5. The molecule has 0 bridgehead atoms. The van der Waals surface area contributed by atoms with Gasteiger partial charge in [-0.05, 0) is 24.6 Å². The lowest BCUT2D eigenvalue weighted by atomic mass is 10.1. The second-order valence-electron chi connectivity index (χ2n) is 7.18. The standard InChI is InChI=1S/C24H22N4O2S/c1-3-14-27(24-25-21(16-31-24)18-9-5-4-6-10-18)23(30)20-12-13-22(29)28(26-20)19-11-7-8-17(2)15-19/h3-11,15-16H,1,12-14H2,2H3. The molecule has 0 saturated carbocycles. The zero-order valence-electron chi connectivity index (χ0n) is 17.2. The second kappa shape index (κ2) is 9.06. The third-order valence-electron chi connectivity index (χ3n) is 4.88. The molecule has 156 valence electrons. The van der Waals surface area contributed by atoms with Crippen molar-refractivity contribution in [3.63, 3.8) is 0 Å². The van der Waals surface area contributed by atoms with Gasteiger partial charge in [0.05, 0.1) is 11.4 Å². The minimum absolute atomic E-state index is 0.127. The van der Waals surface area contributed by atoms with Gasteiger partial charge in [0.25, 0.3) is 5.91 Å². The molecular weight excluding hydrogens is 408 g/mol. The van der Waals surface area contributed by atoms with E-state index in [4.69, 9.17) is 0 Å². The molecule has 2 amide bonds. The average Bonchev–Trinajstić information content (AvgIpc) is 3.28. The van der Waals surface area contributed by atoms with Crippen LogP contribution in [0.2, 0.25) is 0 Å². The summed E-state index contributed by atoms with van der Waals surface area (Å²) in [5.41, 5.74) is 3.81. The van der Waals surface area contributed by atoms with Crippen molar-refractivity contribution in [2.45, 2.75) is 19.8 Å². The van der Waals surface area contributed by atoms with Gasteiger partial charge in [0.15, 0.2) is 5.13 Å². The minimum Gasteiger partial charge on any atom is -0.279 e. The highest BCUT2D eigenvalue weighted by molar-refractivity contribution is 7.14. The summed E-state index contributed by atoms with van der Waals surface area (Å²) in [5.74, 6) is -0.392. The van der Waals surface area contributed by atoms with Gasteiger partial charge in [-0.2, -0.15) is 5.10 Å². The minimum atomic E-state index is -0.265. The lowest BCUT2D eigenvalue weighted by Gasteiger charge is -2.26. The molecule has 0 unspecified atom stereocenters. The molecule has 7 heteroatoms. The van der Waals surface area contributed by atoms with Crippen molar-refractivity contribution >= 4 is 39.7 Å². The fraction of sp³-hybridized carbons (Fsp3) is 0.167. The number of nitrogens with zero attached hydrogens (tertiary/aromatic N) is 4. The fourth-order valence-electron chi connectivity index (χ4n) is 3.33. The maximum atomic E-state index is 13.4. The Morgan fingerprint density at radius 3 is 2.74 bits per heavy atom. The first-order chi connectivity index (χ1) is 15.1. The van der Waals surface area contributed by atoms with Crippen molar-refractivity contribution in [1.29, 1.82) is 0 Å². The predicted molar refractivity (Wildman–Crippen MR) is 125 cm³/mol. The van der Waals surface area contributed by atoms with E-state index in [0.29, 0.717) is 29.5 Å². The number of carbonyl (C=O) groups excluding carboxylic acids is 2. The summed E-state index contributed by atoms with van der Waals surface area (Å²) in [6.07, 6.45) is 2.19. The number of benzene rings is 2. The van der Waals surface area contributed by atoms with Crippen LogP contribution >= 0.6 is 11.3 Å². The van der Waals surface area contributed by atoms with E-state index in [1.54, 1.807) is 11.0 Å². The van der Waals surface area contributed by atoms with Crippen LogP contribution in [0.3, 0.4) is 0 Å². The van der Waals surface area contributed by atoms with E-state index in [2.05, 4.69) is 16.7 Å². The maximum absolute atomic E-state index is 13.4. The summed E-state index contributed by atoms with van der Waals surface area (Å²) in [5, 5.41) is 8.25. The number of aromatic nitrogens is 1. The van der Waals surface area contributed by atoms with Crippen LogP contribution in [0.15, 0.2) is 77.7 Å². The quantitative estimate of drug-likeness (QED) is 0.527. The molecular formula is C24H22N4O2S. The molecule has 31 heavy (non-hydrogen) atoms. The lowest BCUT2D eigenvalue weighted by molar-refractivity contribution is -0.118. The van der Waals surface area contributed by atoms with Crippen LogP contribution in [0.4, 0.5) is 10.8 Å². The molecule has 0 spiro atoms. The fourth-order valence-corrected chi connectivity index (χ4v) is 4.17. The van der Waals surface area contributed by atoms with Gasteiger partial charge in [0.2, 0.25) is 5.91 Å². The van der Waals surface area contributed by atoms with Crippen molar-refractivity contribution in [3.8, 4) is 11.3 Å². The topological polar surface area (TPSA) is 65.9 Å². The first-order valence-corrected chi connectivity index (χ1v) is 10.9. The zero-order chi connectivity index (χ0) is 21.8. The Balaban J connectivity index is 1.64. The molecule has 0 atom stereocenters. The molecule has 0 fully saturated rings. The smallest absolute Gasteiger partial charge is 0.276 e.